The molecule has 0 aromatic heterocycles. The molecule has 0 N–H and O–H groups in total. The number of hydrogen-bond donors (Lipinski definition) is 0. The van der Waals surface area contributed by atoms with Gasteiger partial charge in [0.1, 0.15) is 11.6 Å². The molecule has 1 heterocycles. The lowest BCUT2D eigenvalue weighted by atomic mass is 9.90. The molecule has 2 unspecified atom stereocenters. The number of halogens is 3. The van der Waals surface area contributed by atoms with Crippen molar-refractivity contribution in [2.75, 3.05) is 13.2 Å². The minimum Gasteiger partial charge on any atom is -0.493 e. The lowest BCUT2D eigenvalue weighted by Gasteiger charge is -2.29. The molecule has 0 bridgehead atoms. The average Bonchev–Trinajstić information content (AvgIpc) is 2.78. The minimum atomic E-state index is -1.04. The molecule has 0 radical (unpaired) electrons. The number of benzene rings is 2. The van der Waals surface area contributed by atoms with Crippen molar-refractivity contribution in [3.63, 3.8) is 0 Å². The number of hydrogen-bond acceptors (Lipinski definition) is 2. The molecular formula is C26H33F3O2. The van der Waals surface area contributed by atoms with E-state index in [0.29, 0.717) is 31.3 Å². The second kappa shape index (κ2) is 11.6. The third-order valence-electron chi connectivity index (χ3n) is 6.04. The molecule has 5 heteroatoms. The highest BCUT2D eigenvalue weighted by Crippen LogP contribution is 2.37. The summed E-state index contributed by atoms with van der Waals surface area (Å²) in [5, 5.41) is 0. The fourth-order valence-electron chi connectivity index (χ4n) is 4.14. The summed E-state index contributed by atoms with van der Waals surface area (Å²) in [7, 11) is 0. The number of unbranched alkanes of at least 4 members (excludes halogenated alkanes) is 3. The SMILES string of the molecule is CCCCCOc1ccc(-c2ccc(C3CCC(CCCC)CO3)c(F)c2F)c(F)c1. The zero-order valence-electron chi connectivity index (χ0n) is 18.6. The van der Waals surface area contributed by atoms with E-state index in [1.807, 2.05) is 0 Å². The normalized spacial score (nSPS) is 18.9. The Morgan fingerprint density at radius 2 is 1.68 bits per heavy atom. The summed E-state index contributed by atoms with van der Waals surface area (Å²) in [4.78, 5) is 0. The van der Waals surface area contributed by atoms with E-state index in [1.165, 1.54) is 24.3 Å². The van der Waals surface area contributed by atoms with Crippen molar-refractivity contribution in [3.8, 4) is 16.9 Å². The van der Waals surface area contributed by atoms with Gasteiger partial charge in [0.15, 0.2) is 11.6 Å². The van der Waals surface area contributed by atoms with E-state index in [2.05, 4.69) is 13.8 Å². The van der Waals surface area contributed by atoms with Crippen molar-refractivity contribution in [1.29, 1.82) is 0 Å². The van der Waals surface area contributed by atoms with E-state index in [4.69, 9.17) is 9.47 Å². The van der Waals surface area contributed by atoms with E-state index in [9.17, 15) is 13.2 Å². The van der Waals surface area contributed by atoms with Crippen LogP contribution in [0.3, 0.4) is 0 Å². The van der Waals surface area contributed by atoms with Crippen LogP contribution < -0.4 is 4.74 Å². The Morgan fingerprint density at radius 1 is 0.903 bits per heavy atom. The molecule has 2 atom stereocenters. The van der Waals surface area contributed by atoms with Crippen LogP contribution in [-0.4, -0.2) is 13.2 Å². The van der Waals surface area contributed by atoms with E-state index in [-0.39, 0.29) is 16.7 Å². The predicted octanol–water partition coefficient (Wildman–Crippen LogP) is 8.00. The molecule has 31 heavy (non-hydrogen) atoms. The molecule has 2 aromatic carbocycles. The van der Waals surface area contributed by atoms with Crippen LogP contribution in [0.25, 0.3) is 11.1 Å². The number of rotatable bonds is 10. The van der Waals surface area contributed by atoms with Crippen LogP contribution >= 0.6 is 0 Å². The molecule has 0 aliphatic carbocycles. The standard InChI is InChI=1S/C26H33F3O2/c1-3-5-7-15-30-19-10-11-20(23(27)16-19)21-12-13-22(26(29)25(21)28)24-14-9-18(17-31-24)8-6-4-2/h10-13,16,18,24H,3-9,14-15,17H2,1-2H3. The molecule has 1 aliphatic rings. The topological polar surface area (TPSA) is 18.5 Å². The number of ether oxygens (including phenoxy) is 2. The van der Waals surface area contributed by atoms with Gasteiger partial charge < -0.3 is 9.47 Å². The summed E-state index contributed by atoms with van der Waals surface area (Å²) in [5.41, 5.74) is 0.146. The minimum absolute atomic E-state index is 0.0213. The third kappa shape index (κ3) is 6.03. The van der Waals surface area contributed by atoms with E-state index >= 15 is 0 Å². The van der Waals surface area contributed by atoms with Gasteiger partial charge in [0.25, 0.3) is 0 Å². The molecule has 1 fully saturated rings. The molecule has 1 saturated heterocycles. The van der Waals surface area contributed by atoms with Gasteiger partial charge in [-0.3, -0.25) is 0 Å². The van der Waals surface area contributed by atoms with Gasteiger partial charge in [0.05, 0.1) is 19.3 Å². The van der Waals surface area contributed by atoms with Crippen LogP contribution in [0.4, 0.5) is 13.2 Å². The largest absolute Gasteiger partial charge is 0.493 e. The van der Waals surface area contributed by atoms with Crippen molar-refractivity contribution >= 4 is 0 Å². The third-order valence-corrected chi connectivity index (χ3v) is 6.04. The molecule has 2 aromatic rings. The van der Waals surface area contributed by atoms with E-state index < -0.39 is 23.6 Å². The molecule has 0 saturated carbocycles. The maximum absolute atomic E-state index is 14.9. The lowest BCUT2D eigenvalue weighted by Crippen LogP contribution is -2.21. The van der Waals surface area contributed by atoms with Gasteiger partial charge in [-0.1, -0.05) is 51.7 Å². The Hall–Kier alpha value is -2.01. The quantitative estimate of drug-likeness (QED) is 0.353. The van der Waals surface area contributed by atoms with E-state index in [1.54, 1.807) is 6.07 Å². The Balaban J connectivity index is 1.71. The summed E-state index contributed by atoms with van der Waals surface area (Å²) in [6, 6.07) is 7.24. The zero-order chi connectivity index (χ0) is 22.2. The molecule has 0 amide bonds. The Morgan fingerprint density at radius 3 is 2.35 bits per heavy atom. The monoisotopic (exact) mass is 434 g/mol. The maximum atomic E-state index is 14.9. The predicted molar refractivity (Wildman–Crippen MR) is 118 cm³/mol. The van der Waals surface area contributed by atoms with Crippen LogP contribution in [0, 0.1) is 23.4 Å². The van der Waals surface area contributed by atoms with Crippen LogP contribution in [0.5, 0.6) is 5.75 Å². The van der Waals surface area contributed by atoms with Gasteiger partial charge >= 0.3 is 0 Å². The second-order valence-electron chi connectivity index (χ2n) is 8.44. The van der Waals surface area contributed by atoms with Crippen molar-refractivity contribution in [2.24, 2.45) is 5.92 Å². The van der Waals surface area contributed by atoms with Crippen LogP contribution in [0.2, 0.25) is 0 Å². The van der Waals surface area contributed by atoms with Gasteiger partial charge in [0, 0.05) is 22.8 Å². The van der Waals surface area contributed by atoms with Gasteiger partial charge in [-0.15, -0.1) is 0 Å². The summed E-state index contributed by atoms with van der Waals surface area (Å²) < 4.78 is 55.8. The molecule has 2 nitrogen and oxygen atoms in total. The summed E-state index contributed by atoms with van der Waals surface area (Å²) in [6.07, 6.45) is 7.58. The fraction of sp³-hybridized carbons (Fsp3) is 0.538. The summed E-state index contributed by atoms with van der Waals surface area (Å²) in [5.74, 6) is -1.74. The van der Waals surface area contributed by atoms with Gasteiger partial charge in [-0.25, -0.2) is 13.2 Å². The highest BCUT2D eigenvalue weighted by molar-refractivity contribution is 5.66. The molecule has 1 aliphatic heterocycles. The average molecular weight is 435 g/mol. The Bertz CT molecular complexity index is 845. The summed E-state index contributed by atoms with van der Waals surface area (Å²) in [6.45, 7) is 5.33. The lowest BCUT2D eigenvalue weighted by molar-refractivity contribution is -0.0217. The molecule has 0 spiro atoms. The Labute approximate surface area is 183 Å². The van der Waals surface area contributed by atoms with Crippen molar-refractivity contribution in [2.45, 2.75) is 71.3 Å². The molecule has 3 rings (SSSR count). The molecule has 170 valence electrons. The second-order valence-corrected chi connectivity index (χ2v) is 8.44. The van der Waals surface area contributed by atoms with Crippen molar-refractivity contribution in [1.82, 2.24) is 0 Å². The maximum Gasteiger partial charge on any atom is 0.167 e. The van der Waals surface area contributed by atoms with Crippen molar-refractivity contribution < 1.29 is 22.6 Å². The van der Waals surface area contributed by atoms with Crippen LogP contribution in [0.15, 0.2) is 30.3 Å². The van der Waals surface area contributed by atoms with Gasteiger partial charge in [-0.05, 0) is 43.7 Å². The zero-order valence-corrected chi connectivity index (χ0v) is 18.6. The van der Waals surface area contributed by atoms with Crippen LogP contribution in [0.1, 0.15) is 76.9 Å². The first kappa shape index (κ1) is 23.6. The Kier molecular flexibility index (Phi) is 8.82. The highest BCUT2D eigenvalue weighted by Gasteiger charge is 2.27. The molecular weight excluding hydrogens is 401 g/mol. The summed E-state index contributed by atoms with van der Waals surface area (Å²) >= 11 is 0. The fourth-order valence-corrected chi connectivity index (χ4v) is 4.14. The van der Waals surface area contributed by atoms with Gasteiger partial charge in [-0.2, -0.15) is 0 Å². The smallest absolute Gasteiger partial charge is 0.167 e. The first-order valence-electron chi connectivity index (χ1n) is 11.6. The first-order valence-corrected chi connectivity index (χ1v) is 11.6. The van der Waals surface area contributed by atoms with Crippen molar-refractivity contribution in [3.05, 3.63) is 53.3 Å². The van der Waals surface area contributed by atoms with E-state index in [0.717, 1.165) is 44.9 Å². The van der Waals surface area contributed by atoms with Crippen LogP contribution in [-0.2, 0) is 4.74 Å². The first-order chi connectivity index (χ1) is 15.0. The highest BCUT2D eigenvalue weighted by atomic mass is 19.2. The van der Waals surface area contributed by atoms with Gasteiger partial charge in [0.2, 0.25) is 0 Å².